The van der Waals surface area contributed by atoms with Crippen LogP contribution in [0.5, 0.6) is 17.2 Å². The van der Waals surface area contributed by atoms with Gasteiger partial charge < -0.3 is 19.5 Å². The highest BCUT2D eigenvalue weighted by Crippen LogP contribution is 2.41. The minimum absolute atomic E-state index is 0.197. The maximum atomic E-state index is 12.7. The van der Waals surface area contributed by atoms with Crippen molar-refractivity contribution in [3.63, 3.8) is 0 Å². The lowest BCUT2D eigenvalue weighted by molar-refractivity contribution is 0.0945. The number of nitrogens with zero attached hydrogens (tertiary/aromatic N) is 2. The molecule has 2 heterocycles. The lowest BCUT2D eigenvalue weighted by Gasteiger charge is -2.07. The largest absolute Gasteiger partial charge is 0.497 e. The van der Waals surface area contributed by atoms with Crippen molar-refractivity contribution in [2.24, 2.45) is 0 Å². The molecule has 0 bridgehead atoms. The molecule has 1 aromatic heterocycles. The van der Waals surface area contributed by atoms with E-state index in [0.717, 1.165) is 41.3 Å². The first-order chi connectivity index (χ1) is 14.2. The molecule has 0 saturated heterocycles. The van der Waals surface area contributed by atoms with Gasteiger partial charge in [0.1, 0.15) is 5.75 Å². The van der Waals surface area contributed by atoms with Gasteiger partial charge in [0.15, 0.2) is 17.2 Å². The van der Waals surface area contributed by atoms with Crippen LogP contribution in [0, 0.1) is 0 Å². The summed E-state index contributed by atoms with van der Waals surface area (Å²) < 4.78 is 17.8. The molecule has 0 atom stereocenters. The summed E-state index contributed by atoms with van der Waals surface area (Å²) in [5.41, 5.74) is 3.36. The van der Waals surface area contributed by atoms with Crippen LogP contribution in [-0.4, -0.2) is 29.6 Å². The lowest BCUT2D eigenvalue weighted by atomic mass is 10.2. The molecule has 5 rings (SSSR count). The summed E-state index contributed by atoms with van der Waals surface area (Å²) in [6.07, 6.45) is 2.25. The molecule has 0 unspecified atom stereocenters. The van der Waals surface area contributed by atoms with E-state index in [4.69, 9.17) is 14.2 Å². The van der Waals surface area contributed by atoms with Crippen LogP contribution in [0.25, 0.3) is 5.69 Å². The van der Waals surface area contributed by atoms with Crippen LogP contribution in [0.3, 0.4) is 0 Å². The number of hydrogen-bond acceptors (Lipinski definition) is 5. The molecule has 3 aromatic rings. The number of carbonyl (C=O) groups is 1. The van der Waals surface area contributed by atoms with Crippen LogP contribution in [0.4, 0.5) is 0 Å². The van der Waals surface area contributed by atoms with Crippen molar-refractivity contribution in [3.8, 4) is 22.9 Å². The summed E-state index contributed by atoms with van der Waals surface area (Å²) in [5.74, 6) is 2.48. The Hall–Kier alpha value is -3.48. The second-order valence-corrected chi connectivity index (χ2v) is 7.21. The molecule has 7 heteroatoms. The third-order valence-corrected chi connectivity index (χ3v) is 5.17. The van der Waals surface area contributed by atoms with Gasteiger partial charge in [-0.2, -0.15) is 5.10 Å². The Balaban J connectivity index is 1.34. The molecule has 1 aliphatic heterocycles. The van der Waals surface area contributed by atoms with Gasteiger partial charge in [-0.15, -0.1) is 0 Å². The van der Waals surface area contributed by atoms with Crippen LogP contribution >= 0.6 is 0 Å². The van der Waals surface area contributed by atoms with Crippen molar-refractivity contribution in [3.05, 3.63) is 65.5 Å². The number of benzene rings is 2. The van der Waals surface area contributed by atoms with Crippen LogP contribution < -0.4 is 19.5 Å². The molecule has 1 amide bonds. The third-order valence-electron chi connectivity index (χ3n) is 5.17. The molecule has 2 aromatic carbocycles. The Kier molecular flexibility index (Phi) is 4.35. The van der Waals surface area contributed by atoms with Crippen LogP contribution in [0.2, 0.25) is 0 Å². The van der Waals surface area contributed by atoms with Gasteiger partial charge in [-0.3, -0.25) is 4.79 Å². The van der Waals surface area contributed by atoms with Crippen LogP contribution in [-0.2, 0) is 6.54 Å². The Morgan fingerprint density at radius 3 is 2.69 bits per heavy atom. The van der Waals surface area contributed by atoms with E-state index >= 15 is 0 Å². The number of methoxy groups -OCH3 is 1. The lowest BCUT2D eigenvalue weighted by Crippen LogP contribution is -2.23. The average Bonchev–Trinajstić information content (AvgIpc) is 3.33. The second-order valence-electron chi connectivity index (χ2n) is 7.21. The van der Waals surface area contributed by atoms with Gasteiger partial charge in [0.2, 0.25) is 6.79 Å². The van der Waals surface area contributed by atoms with E-state index in [9.17, 15) is 4.79 Å². The fraction of sp³-hybridized carbons (Fsp3) is 0.273. The summed E-state index contributed by atoms with van der Waals surface area (Å²) in [6.45, 7) is 0.627. The van der Waals surface area contributed by atoms with E-state index < -0.39 is 0 Å². The zero-order chi connectivity index (χ0) is 19.8. The van der Waals surface area contributed by atoms with Gasteiger partial charge in [0.05, 0.1) is 12.8 Å². The Morgan fingerprint density at radius 1 is 1.14 bits per heavy atom. The fourth-order valence-electron chi connectivity index (χ4n) is 3.43. The van der Waals surface area contributed by atoms with E-state index in [-0.39, 0.29) is 12.7 Å². The summed E-state index contributed by atoms with van der Waals surface area (Å²) in [6, 6.07) is 15.2. The average molecular weight is 391 g/mol. The zero-order valence-corrected chi connectivity index (χ0v) is 16.1. The summed E-state index contributed by atoms with van der Waals surface area (Å²) in [4.78, 5) is 12.7. The highest BCUT2D eigenvalue weighted by Gasteiger charge is 2.29. The minimum Gasteiger partial charge on any atom is -0.497 e. The maximum absolute atomic E-state index is 12.7. The van der Waals surface area contributed by atoms with Gasteiger partial charge in [0.25, 0.3) is 5.91 Å². The molecule has 1 saturated carbocycles. The van der Waals surface area contributed by atoms with Crippen molar-refractivity contribution < 1.29 is 19.0 Å². The Bertz CT molecular complexity index is 1050. The second kappa shape index (κ2) is 7.16. The first kappa shape index (κ1) is 17.6. The summed E-state index contributed by atoms with van der Waals surface area (Å²) in [7, 11) is 1.64. The number of nitrogens with one attached hydrogen (secondary N) is 1. The predicted octanol–water partition coefficient (Wildman–Crippen LogP) is 3.42. The van der Waals surface area contributed by atoms with E-state index in [1.165, 1.54) is 0 Å². The molecule has 0 radical (unpaired) electrons. The number of carbonyl (C=O) groups excluding carboxylic acids is 1. The molecule has 1 N–H and O–H groups in total. The van der Waals surface area contributed by atoms with Crippen molar-refractivity contribution in [1.82, 2.24) is 15.1 Å². The molecule has 148 valence electrons. The van der Waals surface area contributed by atoms with E-state index in [1.807, 2.05) is 53.2 Å². The molecule has 7 nitrogen and oxygen atoms in total. The van der Waals surface area contributed by atoms with E-state index in [1.54, 1.807) is 7.11 Å². The molecule has 0 spiro atoms. The van der Waals surface area contributed by atoms with Gasteiger partial charge in [-0.25, -0.2) is 4.68 Å². The summed E-state index contributed by atoms with van der Waals surface area (Å²) >= 11 is 0. The molecule has 2 aliphatic rings. The van der Waals surface area contributed by atoms with E-state index in [2.05, 4.69) is 10.4 Å². The maximum Gasteiger partial charge on any atom is 0.272 e. The third kappa shape index (κ3) is 3.51. The van der Waals surface area contributed by atoms with Crippen LogP contribution in [0.1, 0.15) is 40.5 Å². The normalized spacial score (nSPS) is 14.7. The first-order valence-corrected chi connectivity index (χ1v) is 9.62. The Labute approximate surface area is 168 Å². The topological polar surface area (TPSA) is 74.6 Å². The minimum atomic E-state index is -0.197. The SMILES string of the molecule is COc1ccc(-n2nc(C(=O)NCc3ccc4c(c3)OCO4)cc2C2CC2)cc1. The standard InChI is InChI=1S/C22H21N3O4/c1-27-17-7-5-16(6-8-17)25-19(15-3-4-15)11-18(24-25)22(26)23-12-14-2-9-20-21(10-14)29-13-28-20/h2,5-11,15H,3-4,12-13H2,1H3,(H,23,26). The van der Waals surface area contributed by atoms with Crippen molar-refractivity contribution in [2.75, 3.05) is 13.9 Å². The quantitative estimate of drug-likeness (QED) is 0.697. The zero-order valence-electron chi connectivity index (χ0n) is 16.1. The molecule has 1 fully saturated rings. The highest BCUT2D eigenvalue weighted by atomic mass is 16.7. The molecule has 1 aliphatic carbocycles. The summed E-state index contributed by atoms with van der Waals surface area (Å²) in [5, 5.41) is 7.53. The molecular formula is C22H21N3O4. The first-order valence-electron chi connectivity index (χ1n) is 9.62. The number of amides is 1. The predicted molar refractivity (Wildman–Crippen MR) is 106 cm³/mol. The van der Waals surface area contributed by atoms with Crippen molar-refractivity contribution >= 4 is 5.91 Å². The Morgan fingerprint density at radius 2 is 1.93 bits per heavy atom. The van der Waals surface area contributed by atoms with Gasteiger partial charge in [-0.05, 0) is 60.9 Å². The smallest absolute Gasteiger partial charge is 0.272 e. The monoisotopic (exact) mass is 391 g/mol. The highest BCUT2D eigenvalue weighted by molar-refractivity contribution is 5.92. The van der Waals surface area contributed by atoms with Crippen molar-refractivity contribution in [2.45, 2.75) is 25.3 Å². The van der Waals surface area contributed by atoms with Gasteiger partial charge >= 0.3 is 0 Å². The number of hydrogen-bond donors (Lipinski definition) is 1. The number of aromatic nitrogens is 2. The molecule has 29 heavy (non-hydrogen) atoms. The molecular weight excluding hydrogens is 370 g/mol. The van der Waals surface area contributed by atoms with Crippen molar-refractivity contribution in [1.29, 1.82) is 0 Å². The van der Waals surface area contributed by atoms with Crippen LogP contribution in [0.15, 0.2) is 48.5 Å². The van der Waals surface area contributed by atoms with E-state index in [0.29, 0.717) is 23.9 Å². The number of ether oxygens (including phenoxy) is 3. The number of fused-ring (bicyclic) bond motifs is 1. The fourth-order valence-corrected chi connectivity index (χ4v) is 3.43. The number of rotatable bonds is 6. The van der Waals surface area contributed by atoms with Gasteiger partial charge in [0, 0.05) is 18.2 Å². The van der Waals surface area contributed by atoms with Gasteiger partial charge in [-0.1, -0.05) is 6.07 Å².